The molecule has 15 heavy (non-hydrogen) atoms. The van der Waals surface area contributed by atoms with Crippen molar-refractivity contribution in [1.29, 1.82) is 0 Å². The summed E-state index contributed by atoms with van der Waals surface area (Å²) in [5.41, 5.74) is -0.0322. The average Bonchev–Trinajstić information content (AvgIpc) is 2.22. The Balaban J connectivity index is 4.58. The highest BCUT2D eigenvalue weighted by molar-refractivity contribution is 5.86. The average molecular weight is 214 g/mol. The van der Waals surface area contributed by atoms with Crippen molar-refractivity contribution < 1.29 is 14.3 Å². The normalized spacial score (nSPS) is 12.5. The molecule has 0 aromatic rings. The predicted molar refractivity (Wildman–Crippen MR) is 60.4 cm³/mol. The van der Waals surface area contributed by atoms with Gasteiger partial charge in [0.05, 0.1) is 14.2 Å². The fourth-order valence-corrected chi connectivity index (χ4v) is 1.36. The van der Waals surface area contributed by atoms with Crippen LogP contribution in [0.4, 0.5) is 0 Å². The minimum absolute atomic E-state index is 0.0322. The standard InChI is InChI=1S/C12H22O3/c1-6-7-8-12(2,3)9-10(14-4)11(13)15-5/h9H,6-8H2,1-5H3/b10-9-. The molecule has 0 atom stereocenters. The second-order valence-corrected chi connectivity index (χ2v) is 4.30. The summed E-state index contributed by atoms with van der Waals surface area (Å²) in [5.74, 6) is -0.124. The molecule has 0 saturated heterocycles. The molecule has 0 aromatic heterocycles. The SMILES string of the molecule is CCCCC(C)(C)/C=C(\OC)C(=O)OC. The van der Waals surface area contributed by atoms with Gasteiger partial charge in [0.2, 0.25) is 5.76 Å². The van der Waals surface area contributed by atoms with E-state index in [-0.39, 0.29) is 5.41 Å². The molecule has 0 heterocycles. The maximum Gasteiger partial charge on any atom is 0.372 e. The van der Waals surface area contributed by atoms with Crippen LogP contribution in [0.3, 0.4) is 0 Å². The molecule has 0 saturated carbocycles. The zero-order chi connectivity index (χ0) is 11.9. The first-order chi connectivity index (χ1) is 6.96. The van der Waals surface area contributed by atoms with Gasteiger partial charge in [0.15, 0.2) is 0 Å². The molecule has 0 radical (unpaired) electrons. The van der Waals surface area contributed by atoms with Gasteiger partial charge in [0.25, 0.3) is 0 Å². The first kappa shape index (κ1) is 14.0. The predicted octanol–water partition coefficient (Wildman–Crippen LogP) is 2.91. The first-order valence-corrected chi connectivity index (χ1v) is 5.32. The number of unbranched alkanes of at least 4 members (excludes halogenated alkanes) is 1. The van der Waals surface area contributed by atoms with Gasteiger partial charge in [-0.2, -0.15) is 0 Å². The van der Waals surface area contributed by atoms with Crippen molar-refractivity contribution in [2.24, 2.45) is 5.41 Å². The molecule has 0 aromatic carbocycles. The van der Waals surface area contributed by atoms with Crippen LogP contribution in [0.1, 0.15) is 40.0 Å². The number of ether oxygens (including phenoxy) is 2. The second kappa shape index (κ2) is 6.49. The Morgan fingerprint density at radius 3 is 2.27 bits per heavy atom. The van der Waals surface area contributed by atoms with E-state index in [1.54, 1.807) is 0 Å². The third-order valence-electron chi connectivity index (χ3n) is 2.30. The molecule has 0 bridgehead atoms. The van der Waals surface area contributed by atoms with Gasteiger partial charge in [-0.15, -0.1) is 0 Å². The second-order valence-electron chi connectivity index (χ2n) is 4.30. The molecule has 3 nitrogen and oxygen atoms in total. The first-order valence-electron chi connectivity index (χ1n) is 5.32. The molecule has 0 unspecified atom stereocenters. The Kier molecular flexibility index (Phi) is 6.06. The lowest BCUT2D eigenvalue weighted by Gasteiger charge is -2.20. The van der Waals surface area contributed by atoms with Crippen LogP contribution in [0.15, 0.2) is 11.8 Å². The fourth-order valence-electron chi connectivity index (χ4n) is 1.36. The van der Waals surface area contributed by atoms with E-state index in [4.69, 9.17) is 4.74 Å². The maximum atomic E-state index is 11.3. The minimum atomic E-state index is -0.415. The van der Waals surface area contributed by atoms with Gasteiger partial charge in [0.1, 0.15) is 0 Å². The van der Waals surface area contributed by atoms with E-state index in [1.807, 2.05) is 6.08 Å². The van der Waals surface area contributed by atoms with Crippen LogP contribution in [0.2, 0.25) is 0 Å². The van der Waals surface area contributed by atoms with E-state index in [9.17, 15) is 4.79 Å². The van der Waals surface area contributed by atoms with E-state index >= 15 is 0 Å². The van der Waals surface area contributed by atoms with Crippen LogP contribution < -0.4 is 0 Å². The van der Waals surface area contributed by atoms with Crippen molar-refractivity contribution >= 4 is 5.97 Å². The lowest BCUT2D eigenvalue weighted by atomic mass is 9.86. The van der Waals surface area contributed by atoms with E-state index in [1.165, 1.54) is 14.2 Å². The molecular weight excluding hydrogens is 192 g/mol. The van der Waals surface area contributed by atoms with E-state index in [0.717, 1.165) is 19.3 Å². The topological polar surface area (TPSA) is 35.5 Å². The molecule has 0 aliphatic carbocycles. The zero-order valence-electron chi connectivity index (χ0n) is 10.4. The van der Waals surface area contributed by atoms with E-state index < -0.39 is 5.97 Å². The van der Waals surface area contributed by atoms with Crippen molar-refractivity contribution in [2.45, 2.75) is 40.0 Å². The Hall–Kier alpha value is -0.990. The van der Waals surface area contributed by atoms with Crippen molar-refractivity contribution in [3.05, 3.63) is 11.8 Å². The van der Waals surface area contributed by atoms with Gasteiger partial charge < -0.3 is 9.47 Å². The van der Waals surface area contributed by atoms with E-state index in [2.05, 4.69) is 25.5 Å². The number of methoxy groups -OCH3 is 2. The quantitative estimate of drug-likeness (QED) is 0.387. The lowest BCUT2D eigenvalue weighted by molar-refractivity contribution is -0.139. The summed E-state index contributed by atoms with van der Waals surface area (Å²) in [7, 11) is 2.84. The van der Waals surface area contributed by atoms with Gasteiger partial charge in [-0.05, 0) is 17.9 Å². The monoisotopic (exact) mass is 214 g/mol. The van der Waals surface area contributed by atoms with Crippen LogP contribution in [0, 0.1) is 5.41 Å². The number of rotatable bonds is 6. The Labute approximate surface area is 92.5 Å². The lowest BCUT2D eigenvalue weighted by Crippen LogP contribution is -2.14. The van der Waals surface area contributed by atoms with Gasteiger partial charge in [-0.25, -0.2) is 4.79 Å². The summed E-state index contributed by atoms with van der Waals surface area (Å²) in [6, 6.07) is 0. The molecule has 0 aliphatic rings. The number of hydrogen-bond donors (Lipinski definition) is 0. The summed E-state index contributed by atoms with van der Waals surface area (Å²) in [6.45, 7) is 6.33. The Bertz CT molecular complexity index is 229. The number of hydrogen-bond acceptors (Lipinski definition) is 3. The summed E-state index contributed by atoms with van der Waals surface area (Å²) in [5, 5.41) is 0. The van der Waals surface area contributed by atoms with Crippen LogP contribution in [-0.4, -0.2) is 20.2 Å². The van der Waals surface area contributed by atoms with Crippen LogP contribution in [-0.2, 0) is 14.3 Å². The van der Waals surface area contributed by atoms with Gasteiger partial charge in [-0.1, -0.05) is 33.6 Å². The van der Waals surface area contributed by atoms with Crippen LogP contribution >= 0.6 is 0 Å². The summed E-state index contributed by atoms with van der Waals surface area (Å²) >= 11 is 0. The number of esters is 1. The Morgan fingerprint density at radius 1 is 1.27 bits per heavy atom. The van der Waals surface area contributed by atoms with E-state index in [0.29, 0.717) is 5.76 Å². The molecule has 0 N–H and O–H groups in total. The molecule has 0 fully saturated rings. The summed E-state index contributed by atoms with van der Waals surface area (Å²) < 4.78 is 9.63. The maximum absolute atomic E-state index is 11.3. The van der Waals surface area contributed by atoms with Gasteiger partial charge >= 0.3 is 5.97 Å². The van der Waals surface area contributed by atoms with Crippen molar-refractivity contribution in [3.63, 3.8) is 0 Å². The Morgan fingerprint density at radius 2 is 1.87 bits per heavy atom. The largest absolute Gasteiger partial charge is 0.490 e. The van der Waals surface area contributed by atoms with Crippen molar-refractivity contribution in [3.8, 4) is 0 Å². The summed E-state index contributed by atoms with van der Waals surface area (Å²) in [6.07, 6.45) is 5.17. The number of carbonyl (C=O) groups is 1. The molecule has 0 aliphatic heterocycles. The third-order valence-corrected chi connectivity index (χ3v) is 2.30. The van der Waals surface area contributed by atoms with Crippen molar-refractivity contribution in [2.75, 3.05) is 14.2 Å². The fraction of sp³-hybridized carbons (Fsp3) is 0.750. The minimum Gasteiger partial charge on any atom is -0.490 e. The highest BCUT2D eigenvalue weighted by atomic mass is 16.6. The molecule has 0 rings (SSSR count). The highest BCUT2D eigenvalue weighted by Gasteiger charge is 2.19. The molecule has 0 amide bonds. The van der Waals surface area contributed by atoms with Crippen LogP contribution in [0.5, 0.6) is 0 Å². The van der Waals surface area contributed by atoms with Crippen LogP contribution in [0.25, 0.3) is 0 Å². The number of allylic oxidation sites excluding steroid dienone is 1. The molecule has 0 spiro atoms. The molecule has 88 valence electrons. The molecular formula is C12H22O3. The smallest absolute Gasteiger partial charge is 0.372 e. The van der Waals surface area contributed by atoms with Crippen molar-refractivity contribution in [1.82, 2.24) is 0 Å². The molecule has 3 heteroatoms. The van der Waals surface area contributed by atoms with Gasteiger partial charge in [-0.3, -0.25) is 0 Å². The zero-order valence-corrected chi connectivity index (χ0v) is 10.4. The highest BCUT2D eigenvalue weighted by Crippen LogP contribution is 2.26. The van der Waals surface area contributed by atoms with Gasteiger partial charge in [0, 0.05) is 0 Å². The third kappa shape index (κ3) is 5.45. The number of carbonyl (C=O) groups excluding carboxylic acids is 1. The summed E-state index contributed by atoms with van der Waals surface area (Å²) in [4.78, 5) is 11.3.